The first kappa shape index (κ1) is 39.2. The van der Waals surface area contributed by atoms with Crippen molar-refractivity contribution < 1.29 is 8.83 Å². The molecule has 0 radical (unpaired) electrons. The minimum Gasteiger partial charge on any atom is -0.390 e. The van der Waals surface area contributed by atoms with E-state index in [1.807, 2.05) is 24.3 Å². The van der Waals surface area contributed by atoms with E-state index in [2.05, 4.69) is 107 Å². The molecule has 1 N–H and O–H groups in total. The van der Waals surface area contributed by atoms with Gasteiger partial charge in [-0.15, -0.1) is 10.2 Å². The molecule has 8 aromatic rings. The number of benzene rings is 2. The minimum atomic E-state index is -0.660. The van der Waals surface area contributed by atoms with Crippen molar-refractivity contribution in [2.75, 3.05) is 5.33 Å². The molecule has 0 spiro atoms. The average molecular weight is 943 g/mol. The molecular weight excluding hydrogens is 912 g/mol. The highest BCUT2D eigenvalue weighted by Gasteiger charge is 2.14. The second-order valence-corrected chi connectivity index (χ2v) is 14.5. The molecule has 0 atom stereocenters. The Bertz CT molecular complexity index is 2780. The van der Waals surface area contributed by atoms with Gasteiger partial charge in [-0.1, -0.05) is 72.1 Å². The maximum absolute atomic E-state index is 12.5. The van der Waals surface area contributed by atoms with Crippen LogP contribution in [0.5, 0.6) is 0 Å². The summed E-state index contributed by atoms with van der Waals surface area (Å²) in [6.07, 6.45) is 7.50. The molecule has 2 aromatic carbocycles. The lowest BCUT2D eigenvalue weighted by Crippen LogP contribution is -2.22. The van der Waals surface area contributed by atoms with Crippen LogP contribution in [0.4, 0.5) is 0 Å². The van der Waals surface area contributed by atoms with E-state index in [9.17, 15) is 19.2 Å². The highest BCUT2D eigenvalue weighted by molar-refractivity contribution is 9.10. The predicted molar refractivity (Wildman–Crippen MR) is 211 cm³/mol. The van der Waals surface area contributed by atoms with Crippen molar-refractivity contribution in [2.45, 2.75) is 32.5 Å². The van der Waals surface area contributed by atoms with Gasteiger partial charge in [0.2, 0.25) is 11.8 Å². The number of alkyl halides is 1. The number of aryl methyl sites for hydroxylation is 5. The fourth-order valence-corrected chi connectivity index (χ4v) is 6.18. The van der Waals surface area contributed by atoms with E-state index in [4.69, 9.17) is 8.83 Å². The van der Waals surface area contributed by atoms with Crippen LogP contribution in [-0.4, -0.2) is 63.5 Å². The van der Waals surface area contributed by atoms with Gasteiger partial charge in [-0.05, 0) is 48.2 Å². The number of aromatic nitrogens is 12. The summed E-state index contributed by atoms with van der Waals surface area (Å²) < 4.78 is 19.1. The van der Waals surface area contributed by atoms with Crippen LogP contribution in [0.15, 0.2) is 111 Å². The van der Waals surface area contributed by atoms with E-state index in [1.165, 1.54) is 44.7 Å². The third-order valence-electron chi connectivity index (χ3n) is 7.96. The first-order valence-electron chi connectivity index (χ1n) is 16.4. The van der Waals surface area contributed by atoms with Crippen molar-refractivity contribution in [1.29, 1.82) is 0 Å². The zero-order chi connectivity index (χ0) is 39.1. The van der Waals surface area contributed by atoms with Crippen LogP contribution in [0.2, 0.25) is 0 Å². The molecule has 18 nitrogen and oxygen atoms in total. The Hall–Kier alpha value is -5.54. The summed E-state index contributed by atoms with van der Waals surface area (Å²) >= 11 is 10.2. The van der Waals surface area contributed by atoms with Crippen molar-refractivity contribution in [3.05, 3.63) is 148 Å². The van der Waals surface area contributed by atoms with Crippen LogP contribution >= 0.6 is 47.8 Å². The lowest BCUT2D eigenvalue weighted by molar-refractivity contribution is 0.434. The van der Waals surface area contributed by atoms with Crippen molar-refractivity contribution in [1.82, 2.24) is 58.2 Å². The third-order valence-corrected chi connectivity index (χ3v) is 9.42. The van der Waals surface area contributed by atoms with Gasteiger partial charge in [0.05, 0.1) is 19.2 Å². The maximum Gasteiger partial charge on any atom is 0.437 e. The number of imidazole rings is 2. The summed E-state index contributed by atoms with van der Waals surface area (Å²) in [7, 11) is 3.43. The largest absolute Gasteiger partial charge is 0.437 e. The van der Waals surface area contributed by atoms with E-state index in [-0.39, 0.29) is 36.0 Å². The van der Waals surface area contributed by atoms with Crippen LogP contribution < -0.4 is 22.6 Å². The quantitative estimate of drug-likeness (QED) is 0.206. The van der Waals surface area contributed by atoms with Gasteiger partial charge in [0.15, 0.2) is 22.3 Å². The molecule has 55 heavy (non-hydrogen) atoms. The Balaban J connectivity index is 0.000000157. The topological polar surface area (TPSA) is 212 Å². The number of fused-ring (bicyclic) bond motifs is 2. The minimum absolute atomic E-state index is 0.0213. The number of hydrogen-bond donors (Lipinski definition) is 1. The number of nitrogens with one attached hydrogen (secondary N) is 1. The zero-order valence-corrected chi connectivity index (χ0v) is 33.9. The van der Waals surface area contributed by atoms with Crippen molar-refractivity contribution in [3.63, 3.8) is 0 Å². The first-order valence-corrected chi connectivity index (χ1v) is 19.1. The molecular formula is C34H31Br3N12O6. The molecule has 21 heteroatoms. The molecule has 284 valence electrons. The Labute approximate surface area is 334 Å². The molecule has 0 saturated carbocycles. The van der Waals surface area contributed by atoms with Crippen molar-refractivity contribution >= 4 is 70.1 Å². The lowest BCUT2D eigenvalue weighted by Gasteiger charge is -2.02. The molecule has 8 rings (SSSR count). The summed E-state index contributed by atoms with van der Waals surface area (Å²) in [5.74, 6) is -0.941. The number of nitrogens with zero attached hydrogens (tertiary/aromatic N) is 11. The SMILES string of the molecule is BrCCc1ccc(Br)cc1.Cn1cnc2ncn(Cc3n[nH]c(=O)o3)c(=O)c21.Cn1cnc2ncn(Cc3nn(CCc4ccc(Br)cc4)c(=O)o3)c(=O)c21. The van der Waals surface area contributed by atoms with Crippen molar-refractivity contribution in [3.8, 4) is 0 Å². The van der Waals surface area contributed by atoms with Gasteiger partial charge in [-0.3, -0.25) is 18.7 Å². The number of hydrogen-bond acceptors (Lipinski definition) is 12. The van der Waals surface area contributed by atoms with E-state index >= 15 is 0 Å². The Morgan fingerprint density at radius 3 is 1.64 bits per heavy atom. The molecule has 0 bridgehead atoms. The normalized spacial score (nSPS) is 11.0. The van der Waals surface area contributed by atoms with Gasteiger partial charge in [-0.2, -0.15) is 4.68 Å². The molecule has 0 aliphatic carbocycles. The number of aromatic amines is 1. The van der Waals surface area contributed by atoms with Crippen LogP contribution in [0, 0.1) is 0 Å². The molecule has 0 aliphatic heterocycles. The first-order chi connectivity index (χ1) is 26.5. The average Bonchev–Trinajstić information content (AvgIpc) is 3.95. The van der Waals surface area contributed by atoms with Gasteiger partial charge in [-0.25, -0.2) is 34.6 Å². The van der Waals surface area contributed by atoms with E-state index in [1.54, 1.807) is 23.2 Å². The summed E-state index contributed by atoms with van der Waals surface area (Å²) in [5.41, 5.74) is 3.43. The van der Waals surface area contributed by atoms with Crippen LogP contribution in [-0.2, 0) is 46.6 Å². The Morgan fingerprint density at radius 2 is 1.15 bits per heavy atom. The fourth-order valence-electron chi connectivity index (χ4n) is 5.19. The Morgan fingerprint density at radius 1 is 0.655 bits per heavy atom. The lowest BCUT2D eigenvalue weighted by atomic mass is 10.1. The van der Waals surface area contributed by atoms with Crippen LogP contribution in [0.3, 0.4) is 0 Å². The predicted octanol–water partition coefficient (Wildman–Crippen LogP) is 3.57. The molecule has 6 aromatic heterocycles. The Kier molecular flexibility index (Phi) is 12.6. The number of rotatable bonds is 9. The zero-order valence-electron chi connectivity index (χ0n) is 29.2. The monoisotopic (exact) mass is 940 g/mol. The molecule has 0 amide bonds. The van der Waals surface area contributed by atoms with E-state index in [0.717, 1.165) is 26.3 Å². The number of halogens is 3. The second kappa shape index (κ2) is 17.7. The molecule has 6 heterocycles. The maximum atomic E-state index is 12.5. The van der Waals surface area contributed by atoms with Crippen LogP contribution in [0.25, 0.3) is 22.3 Å². The second-order valence-electron chi connectivity index (χ2n) is 11.8. The highest BCUT2D eigenvalue weighted by atomic mass is 79.9. The summed E-state index contributed by atoms with van der Waals surface area (Å²) in [6, 6.07) is 16.2. The van der Waals surface area contributed by atoms with Gasteiger partial charge in [0.1, 0.15) is 25.7 Å². The van der Waals surface area contributed by atoms with Gasteiger partial charge in [0, 0.05) is 28.4 Å². The standard InChI is InChI=1S/C17H15BrN6O3.C9H8N6O3.C8H8Br2/c1-22-9-19-15-14(22)16(25)23(10-20-15)8-13-21-24(17(26)27-13)7-6-11-2-4-12(18)5-3-11;1-14-3-10-7-6(14)8(16)15(4-11-7)2-5-12-13-9(17)18-5;9-6-5-7-1-3-8(10)4-2-7/h2-5,9-10H,6-8H2,1H3;3-4H,2H2,1H3,(H,13,17);1-4H,5-6H2. The van der Waals surface area contributed by atoms with Crippen molar-refractivity contribution in [2.24, 2.45) is 14.1 Å². The van der Waals surface area contributed by atoms with Crippen LogP contribution in [0.1, 0.15) is 22.9 Å². The van der Waals surface area contributed by atoms with E-state index < -0.39 is 11.5 Å². The summed E-state index contributed by atoms with van der Waals surface area (Å²) in [4.78, 5) is 63.7. The summed E-state index contributed by atoms with van der Waals surface area (Å²) in [6.45, 7) is 0.442. The highest BCUT2D eigenvalue weighted by Crippen LogP contribution is 2.12. The molecule has 0 aliphatic rings. The molecule has 0 fully saturated rings. The molecule has 0 unspecified atom stereocenters. The van der Waals surface area contributed by atoms with E-state index in [0.29, 0.717) is 35.3 Å². The number of H-pyrrole nitrogens is 1. The van der Waals surface area contributed by atoms with Gasteiger partial charge < -0.3 is 18.0 Å². The smallest absolute Gasteiger partial charge is 0.390 e. The third kappa shape index (κ3) is 9.77. The van der Waals surface area contributed by atoms with Gasteiger partial charge >= 0.3 is 11.5 Å². The van der Waals surface area contributed by atoms with Gasteiger partial charge in [0.25, 0.3) is 11.1 Å². The molecule has 0 saturated heterocycles. The summed E-state index contributed by atoms with van der Waals surface area (Å²) in [5, 5.41) is 11.0. The fraction of sp³-hybridized carbons (Fsp3) is 0.235.